The second kappa shape index (κ2) is 12.5. The molecule has 0 aliphatic heterocycles. The molecule has 0 aliphatic carbocycles. The zero-order chi connectivity index (χ0) is 21.8. The zero-order valence-corrected chi connectivity index (χ0v) is 18.2. The van der Waals surface area contributed by atoms with Crippen LogP contribution >= 0.6 is 0 Å². The molecule has 162 valence electrons. The standard InChI is InChI=1S/C24H33N3O3/c1-4-5-6-7-8-16-30-22-14-12-20(13-15-22)25-18-23(28)26-21-11-9-10-19(17-21)24(29)27(2)3/h9-15,17,25H,4-8,16,18H2,1-3H3,(H,26,28). The molecule has 0 saturated carbocycles. The van der Waals surface area contributed by atoms with Gasteiger partial charge >= 0.3 is 0 Å². The molecule has 0 saturated heterocycles. The molecule has 0 aliphatic rings. The van der Waals surface area contributed by atoms with Gasteiger partial charge in [0.1, 0.15) is 5.75 Å². The molecule has 2 aromatic rings. The van der Waals surface area contributed by atoms with Crippen molar-refractivity contribution in [1.29, 1.82) is 0 Å². The predicted molar refractivity (Wildman–Crippen MR) is 122 cm³/mol. The molecule has 0 unspecified atom stereocenters. The summed E-state index contributed by atoms with van der Waals surface area (Å²) in [5.41, 5.74) is 1.97. The Kier molecular flexibility index (Phi) is 9.71. The molecular formula is C24H33N3O3. The van der Waals surface area contributed by atoms with Gasteiger partial charge in [0.15, 0.2) is 0 Å². The summed E-state index contributed by atoms with van der Waals surface area (Å²) in [7, 11) is 3.39. The number of benzene rings is 2. The van der Waals surface area contributed by atoms with E-state index in [2.05, 4.69) is 17.6 Å². The van der Waals surface area contributed by atoms with Crippen LogP contribution in [0.3, 0.4) is 0 Å². The van der Waals surface area contributed by atoms with E-state index in [0.717, 1.165) is 24.5 Å². The third-order valence-electron chi connectivity index (χ3n) is 4.62. The Morgan fingerprint density at radius 1 is 0.933 bits per heavy atom. The van der Waals surface area contributed by atoms with E-state index in [-0.39, 0.29) is 18.4 Å². The average molecular weight is 412 g/mol. The fraction of sp³-hybridized carbons (Fsp3) is 0.417. The maximum atomic E-state index is 12.2. The van der Waals surface area contributed by atoms with E-state index in [0.29, 0.717) is 11.3 Å². The maximum absolute atomic E-state index is 12.2. The van der Waals surface area contributed by atoms with Gasteiger partial charge in [0.2, 0.25) is 5.91 Å². The summed E-state index contributed by atoms with van der Waals surface area (Å²) in [6.45, 7) is 3.07. The van der Waals surface area contributed by atoms with Crippen molar-refractivity contribution in [3.63, 3.8) is 0 Å². The van der Waals surface area contributed by atoms with Crippen molar-refractivity contribution < 1.29 is 14.3 Å². The summed E-state index contributed by atoms with van der Waals surface area (Å²) in [5.74, 6) is 0.548. The minimum atomic E-state index is -0.183. The van der Waals surface area contributed by atoms with Crippen molar-refractivity contribution in [3.8, 4) is 5.75 Å². The lowest BCUT2D eigenvalue weighted by Crippen LogP contribution is -2.23. The summed E-state index contributed by atoms with van der Waals surface area (Å²) in [4.78, 5) is 25.8. The van der Waals surface area contributed by atoms with E-state index in [4.69, 9.17) is 4.74 Å². The van der Waals surface area contributed by atoms with E-state index in [1.165, 1.54) is 30.6 Å². The Hall–Kier alpha value is -3.02. The first-order chi connectivity index (χ1) is 14.5. The van der Waals surface area contributed by atoms with Crippen LogP contribution in [0.4, 0.5) is 11.4 Å². The first-order valence-electron chi connectivity index (χ1n) is 10.6. The molecule has 30 heavy (non-hydrogen) atoms. The van der Waals surface area contributed by atoms with Crippen LogP contribution in [0.25, 0.3) is 0 Å². The van der Waals surface area contributed by atoms with E-state index in [9.17, 15) is 9.59 Å². The van der Waals surface area contributed by atoms with Gasteiger partial charge in [-0.05, 0) is 48.9 Å². The highest BCUT2D eigenvalue weighted by molar-refractivity contribution is 5.97. The van der Waals surface area contributed by atoms with Crippen molar-refractivity contribution in [2.45, 2.75) is 39.0 Å². The van der Waals surface area contributed by atoms with Crippen molar-refractivity contribution in [3.05, 3.63) is 54.1 Å². The maximum Gasteiger partial charge on any atom is 0.253 e. The highest BCUT2D eigenvalue weighted by Gasteiger charge is 2.09. The highest BCUT2D eigenvalue weighted by Crippen LogP contribution is 2.17. The smallest absolute Gasteiger partial charge is 0.253 e. The van der Waals surface area contributed by atoms with Crippen LogP contribution < -0.4 is 15.4 Å². The molecule has 6 heteroatoms. The van der Waals surface area contributed by atoms with Gasteiger partial charge in [-0.15, -0.1) is 0 Å². The quantitative estimate of drug-likeness (QED) is 0.493. The van der Waals surface area contributed by atoms with Gasteiger partial charge < -0.3 is 20.3 Å². The third kappa shape index (κ3) is 8.15. The number of nitrogens with one attached hydrogen (secondary N) is 2. The molecule has 6 nitrogen and oxygen atoms in total. The number of carbonyl (C=O) groups is 2. The van der Waals surface area contributed by atoms with Gasteiger partial charge in [-0.25, -0.2) is 0 Å². The van der Waals surface area contributed by atoms with Crippen LogP contribution in [0.15, 0.2) is 48.5 Å². The minimum Gasteiger partial charge on any atom is -0.494 e. The van der Waals surface area contributed by atoms with Gasteiger partial charge in [0.25, 0.3) is 5.91 Å². The molecule has 0 atom stereocenters. The Morgan fingerprint density at radius 2 is 1.67 bits per heavy atom. The zero-order valence-electron chi connectivity index (χ0n) is 18.2. The van der Waals surface area contributed by atoms with Crippen molar-refractivity contribution in [1.82, 2.24) is 4.90 Å². The summed E-state index contributed by atoms with van der Waals surface area (Å²) >= 11 is 0. The Morgan fingerprint density at radius 3 is 2.37 bits per heavy atom. The largest absolute Gasteiger partial charge is 0.494 e. The Labute approximate surface area is 179 Å². The van der Waals surface area contributed by atoms with E-state index in [1.807, 2.05) is 24.3 Å². The molecule has 0 fully saturated rings. The molecular weight excluding hydrogens is 378 g/mol. The number of nitrogens with zero attached hydrogens (tertiary/aromatic N) is 1. The molecule has 2 N–H and O–H groups in total. The molecule has 0 bridgehead atoms. The van der Waals surface area contributed by atoms with Gasteiger partial charge in [-0.3, -0.25) is 9.59 Å². The lowest BCUT2D eigenvalue weighted by Gasteiger charge is -2.12. The molecule has 0 aromatic heterocycles. The minimum absolute atomic E-state index is 0.104. The van der Waals surface area contributed by atoms with Crippen LogP contribution in [-0.2, 0) is 4.79 Å². The predicted octanol–water partition coefficient (Wildman–Crippen LogP) is 4.79. The van der Waals surface area contributed by atoms with Gasteiger partial charge in [-0.2, -0.15) is 0 Å². The van der Waals surface area contributed by atoms with Crippen molar-refractivity contribution in [2.75, 3.05) is 37.9 Å². The number of amides is 2. The van der Waals surface area contributed by atoms with Gasteiger partial charge in [0.05, 0.1) is 13.2 Å². The van der Waals surface area contributed by atoms with Gasteiger partial charge in [0, 0.05) is 31.0 Å². The Bertz CT molecular complexity index is 804. The average Bonchev–Trinajstić information content (AvgIpc) is 2.75. The number of ether oxygens (including phenoxy) is 1. The highest BCUT2D eigenvalue weighted by atomic mass is 16.5. The SMILES string of the molecule is CCCCCCCOc1ccc(NCC(=O)Nc2cccc(C(=O)N(C)C)c2)cc1. The second-order valence-electron chi connectivity index (χ2n) is 7.47. The van der Waals surface area contributed by atoms with Gasteiger partial charge in [-0.1, -0.05) is 38.7 Å². The van der Waals surface area contributed by atoms with Crippen LogP contribution in [0.2, 0.25) is 0 Å². The topological polar surface area (TPSA) is 70.7 Å². The van der Waals surface area contributed by atoms with Crippen molar-refractivity contribution in [2.24, 2.45) is 0 Å². The lowest BCUT2D eigenvalue weighted by atomic mass is 10.2. The molecule has 0 heterocycles. The summed E-state index contributed by atoms with van der Waals surface area (Å²) in [6.07, 6.45) is 6.07. The van der Waals surface area contributed by atoms with E-state index >= 15 is 0 Å². The normalized spacial score (nSPS) is 10.4. The fourth-order valence-corrected chi connectivity index (χ4v) is 2.94. The molecule has 2 amide bonds. The molecule has 0 radical (unpaired) electrons. The van der Waals surface area contributed by atoms with Crippen LogP contribution in [0, 0.1) is 0 Å². The summed E-state index contributed by atoms with van der Waals surface area (Å²) in [5, 5.41) is 5.90. The van der Waals surface area contributed by atoms with Crippen LogP contribution in [-0.4, -0.2) is 44.0 Å². The van der Waals surface area contributed by atoms with Crippen molar-refractivity contribution >= 4 is 23.2 Å². The second-order valence-corrected chi connectivity index (χ2v) is 7.47. The number of rotatable bonds is 12. The monoisotopic (exact) mass is 411 g/mol. The number of unbranched alkanes of at least 4 members (excludes halogenated alkanes) is 4. The Balaban J connectivity index is 1.74. The summed E-state index contributed by atoms with van der Waals surface area (Å²) < 4.78 is 5.76. The van der Waals surface area contributed by atoms with E-state index in [1.54, 1.807) is 38.4 Å². The fourth-order valence-electron chi connectivity index (χ4n) is 2.94. The number of hydrogen-bond donors (Lipinski definition) is 2. The number of carbonyl (C=O) groups excluding carboxylic acids is 2. The van der Waals surface area contributed by atoms with Crippen LogP contribution in [0.5, 0.6) is 5.75 Å². The van der Waals surface area contributed by atoms with E-state index < -0.39 is 0 Å². The number of hydrogen-bond acceptors (Lipinski definition) is 4. The van der Waals surface area contributed by atoms with Crippen LogP contribution in [0.1, 0.15) is 49.4 Å². The first kappa shape index (κ1) is 23.3. The molecule has 0 spiro atoms. The summed E-state index contributed by atoms with van der Waals surface area (Å²) in [6, 6.07) is 14.5. The molecule has 2 rings (SSSR count). The number of anilines is 2. The molecule has 2 aromatic carbocycles. The third-order valence-corrected chi connectivity index (χ3v) is 4.62. The lowest BCUT2D eigenvalue weighted by molar-refractivity contribution is -0.114. The first-order valence-corrected chi connectivity index (χ1v) is 10.6.